The van der Waals surface area contributed by atoms with Crippen LogP contribution >= 0.6 is 11.8 Å². The lowest BCUT2D eigenvalue weighted by molar-refractivity contribution is -0.231. The number of phenols is 1. The zero-order valence-electron chi connectivity index (χ0n) is 24.7. The number of carbonyl (C=O) groups excluding carboxylic acids is 2. The van der Waals surface area contributed by atoms with Gasteiger partial charge in [-0.15, -0.1) is 11.8 Å². The number of carbonyl (C=O) groups is 2. The number of halogens is 1. The maximum Gasteiger partial charge on any atom is 0.193 e. The Morgan fingerprint density at radius 1 is 1.09 bits per heavy atom. The van der Waals surface area contributed by atoms with Crippen molar-refractivity contribution in [3.8, 4) is 5.75 Å². The van der Waals surface area contributed by atoms with Crippen LogP contribution in [0.5, 0.6) is 5.75 Å². The first-order valence-corrected chi connectivity index (χ1v) is 16.2. The minimum Gasteiger partial charge on any atom is -0.508 e. The first-order chi connectivity index (χ1) is 21.0. The van der Waals surface area contributed by atoms with Gasteiger partial charge in [0.2, 0.25) is 0 Å². The van der Waals surface area contributed by atoms with Crippen LogP contribution in [-0.2, 0) is 24.8 Å². The predicted molar refractivity (Wildman–Crippen MR) is 161 cm³/mol. The van der Waals surface area contributed by atoms with E-state index in [1.54, 1.807) is 36.9 Å². The van der Waals surface area contributed by atoms with E-state index < -0.39 is 58.9 Å². The van der Waals surface area contributed by atoms with Crippen LogP contribution in [0.1, 0.15) is 56.9 Å². The third kappa shape index (κ3) is 4.02. The fourth-order valence-electron chi connectivity index (χ4n) is 9.20. The molecule has 1 heterocycles. The summed E-state index contributed by atoms with van der Waals surface area (Å²) in [6, 6.07) is 14.8. The molecule has 0 unspecified atom stereocenters. The van der Waals surface area contributed by atoms with E-state index in [0.29, 0.717) is 24.8 Å². The van der Waals surface area contributed by atoms with Crippen molar-refractivity contribution in [2.45, 2.75) is 79.9 Å². The molecular weight excluding hydrogens is 583 g/mol. The number of hydrogen-bond acceptors (Lipinski definition) is 8. The molecule has 9 heteroatoms. The van der Waals surface area contributed by atoms with E-state index in [0.717, 1.165) is 21.8 Å². The van der Waals surface area contributed by atoms with E-state index in [1.807, 2.05) is 43.3 Å². The minimum absolute atomic E-state index is 0.0406. The fraction of sp³-hybridized carbons (Fsp3) is 0.486. The Morgan fingerprint density at radius 3 is 2.52 bits per heavy atom. The minimum atomic E-state index is -2.03. The normalized spacial score (nSPS) is 40.5. The van der Waals surface area contributed by atoms with Gasteiger partial charge in [-0.25, -0.2) is 4.39 Å². The highest BCUT2D eigenvalue weighted by Crippen LogP contribution is 2.72. The summed E-state index contributed by atoms with van der Waals surface area (Å²) in [4.78, 5) is 26.9. The fourth-order valence-corrected chi connectivity index (χ4v) is 10.1. The second-order valence-electron chi connectivity index (χ2n) is 13.4. The third-order valence-corrected chi connectivity index (χ3v) is 12.5. The van der Waals surface area contributed by atoms with Crippen LogP contribution in [0.3, 0.4) is 0 Å². The molecule has 3 N–H and O–H groups in total. The number of phenolic OH excluding ortho intramolecular Hbond substituents is 1. The lowest BCUT2D eigenvalue weighted by Crippen LogP contribution is -2.69. The summed E-state index contributed by atoms with van der Waals surface area (Å²) >= 11 is 1.64. The Bertz CT molecular complexity index is 1560. The average Bonchev–Trinajstić information content (AvgIpc) is 3.51. The van der Waals surface area contributed by atoms with Crippen molar-refractivity contribution >= 4 is 23.3 Å². The lowest BCUT2D eigenvalue weighted by atomic mass is 9.44. The number of hydrogen-bond donors (Lipinski definition) is 3. The van der Waals surface area contributed by atoms with Gasteiger partial charge in [-0.2, -0.15) is 0 Å². The number of benzene rings is 2. The number of ketones is 2. The Balaban J connectivity index is 1.16. The highest BCUT2D eigenvalue weighted by Gasteiger charge is 2.79. The molecule has 3 saturated carbocycles. The van der Waals surface area contributed by atoms with Crippen molar-refractivity contribution in [2.75, 3.05) is 6.61 Å². The second-order valence-corrected chi connectivity index (χ2v) is 14.5. The zero-order chi connectivity index (χ0) is 31.1. The van der Waals surface area contributed by atoms with Crippen molar-refractivity contribution in [3.63, 3.8) is 0 Å². The molecule has 2 aromatic rings. The van der Waals surface area contributed by atoms with Gasteiger partial charge >= 0.3 is 0 Å². The van der Waals surface area contributed by atoms with Gasteiger partial charge in [0.25, 0.3) is 0 Å². The van der Waals surface area contributed by atoms with Gasteiger partial charge in [-0.05, 0) is 80.5 Å². The number of aliphatic hydroxyl groups is 2. The van der Waals surface area contributed by atoms with E-state index >= 15 is 4.39 Å². The van der Waals surface area contributed by atoms with E-state index in [1.165, 1.54) is 12.2 Å². The number of fused-ring (bicyclic) bond motifs is 7. The topological polar surface area (TPSA) is 113 Å². The number of Topliss-reactive ketones (excluding diaryl/α,β-unsaturated/α-hetero) is 1. The van der Waals surface area contributed by atoms with Crippen molar-refractivity contribution in [2.24, 2.45) is 22.7 Å². The maximum atomic E-state index is 17.5. The lowest BCUT2D eigenvalue weighted by Gasteiger charge is -2.62. The first-order valence-electron chi connectivity index (χ1n) is 15.3. The SMILES string of the molecule is C[C@]12C=CC(=O)C=C1CC[C@H]1[C@@H]3C[C@H]4O[C@@H](c5ccc(CSc6ccc(O)cc6)cc5)O[C@@]4(C(=O)CO)[C@@]3(C)C[C@H](O)[C@@]12F. The van der Waals surface area contributed by atoms with E-state index in [4.69, 9.17) is 9.47 Å². The van der Waals surface area contributed by atoms with Gasteiger partial charge in [0.05, 0.1) is 12.2 Å². The molecule has 0 amide bonds. The number of rotatable bonds is 6. The van der Waals surface area contributed by atoms with Crippen LogP contribution < -0.4 is 0 Å². The summed E-state index contributed by atoms with van der Waals surface area (Å²) < 4.78 is 30.6. The Labute approximate surface area is 260 Å². The van der Waals surface area contributed by atoms with E-state index in [-0.39, 0.29) is 23.9 Å². The summed E-state index contributed by atoms with van der Waals surface area (Å²) in [6.45, 7) is 2.90. The van der Waals surface area contributed by atoms with Gasteiger partial charge < -0.3 is 24.8 Å². The van der Waals surface area contributed by atoms with Crippen molar-refractivity contribution < 1.29 is 38.8 Å². The van der Waals surface area contributed by atoms with Crippen LogP contribution in [0.15, 0.2) is 77.2 Å². The van der Waals surface area contributed by atoms with Gasteiger partial charge in [0.1, 0.15) is 12.4 Å². The standard InChI is InChI=1S/C35H37FO7S/c1-32-14-13-24(39)15-22(32)7-12-26-27-16-30-35(29(41)18-37,33(27,2)17-28(40)34(26,32)36)43-31(42-30)21-5-3-20(4-6-21)19-44-25-10-8-23(38)9-11-25/h3-6,8-11,13-15,26-28,30-31,37-38,40H,7,12,16-19H2,1-2H3/t26-,27-,28-,30+,31+,32-,33-,34-,35+/m0/s1. The number of ether oxygens (including phenoxy) is 2. The molecular formula is C35H37FO7S. The zero-order valence-corrected chi connectivity index (χ0v) is 25.6. The highest BCUT2D eigenvalue weighted by atomic mass is 32.2. The largest absolute Gasteiger partial charge is 0.508 e. The molecule has 232 valence electrons. The van der Waals surface area contributed by atoms with Gasteiger partial charge in [-0.3, -0.25) is 9.59 Å². The first kappa shape index (κ1) is 29.9. The number of aliphatic hydroxyl groups excluding tert-OH is 2. The van der Waals surface area contributed by atoms with E-state index in [9.17, 15) is 24.9 Å². The summed E-state index contributed by atoms with van der Waals surface area (Å²) in [5, 5.41) is 31.4. The van der Waals surface area contributed by atoms with Crippen molar-refractivity contribution in [1.82, 2.24) is 0 Å². The van der Waals surface area contributed by atoms with Crippen LogP contribution in [-0.4, -0.2) is 57.0 Å². The van der Waals surface area contributed by atoms with Gasteiger partial charge in [-0.1, -0.05) is 42.8 Å². The molecule has 4 aliphatic carbocycles. The molecule has 0 radical (unpaired) electrons. The van der Waals surface area contributed by atoms with Gasteiger partial charge in [0.15, 0.2) is 29.1 Å². The summed E-state index contributed by atoms with van der Waals surface area (Å²) in [5.41, 5.74) is -3.19. The molecule has 7 rings (SSSR count). The van der Waals surface area contributed by atoms with Crippen molar-refractivity contribution in [1.29, 1.82) is 0 Å². The molecule has 7 nitrogen and oxygen atoms in total. The molecule has 1 aliphatic heterocycles. The maximum absolute atomic E-state index is 17.5. The second kappa shape index (κ2) is 10.4. The molecule has 0 aromatic heterocycles. The molecule has 4 fully saturated rings. The molecule has 1 saturated heterocycles. The quantitative estimate of drug-likeness (QED) is 0.369. The summed E-state index contributed by atoms with van der Waals surface area (Å²) in [6.07, 6.45) is 2.80. The molecule has 5 aliphatic rings. The Hall–Kier alpha value is -2.82. The number of aromatic hydroxyl groups is 1. The molecule has 2 aromatic carbocycles. The van der Waals surface area contributed by atoms with Crippen LogP contribution in [0.4, 0.5) is 4.39 Å². The van der Waals surface area contributed by atoms with Crippen LogP contribution in [0, 0.1) is 22.7 Å². The van der Waals surface area contributed by atoms with Gasteiger partial charge in [0, 0.05) is 33.0 Å². The summed E-state index contributed by atoms with van der Waals surface area (Å²) in [7, 11) is 0. The summed E-state index contributed by atoms with van der Waals surface area (Å²) in [5.74, 6) is -0.684. The van der Waals surface area contributed by atoms with Crippen LogP contribution in [0.2, 0.25) is 0 Å². The van der Waals surface area contributed by atoms with Crippen LogP contribution in [0.25, 0.3) is 0 Å². The third-order valence-electron chi connectivity index (χ3n) is 11.4. The number of alkyl halides is 1. The average molecular weight is 621 g/mol. The number of thioether (sulfide) groups is 1. The van der Waals surface area contributed by atoms with E-state index in [2.05, 4.69) is 0 Å². The van der Waals surface area contributed by atoms with Crippen molar-refractivity contribution in [3.05, 3.63) is 83.5 Å². The molecule has 0 bridgehead atoms. The Kier molecular flexibility index (Phi) is 7.03. The number of allylic oxidation sites excluding steroid dienone is 4. The monoisotopic (exact) mass is 620 g/mol. The highest BCUT2D eigenvalue weighted by molar-refractivity contribution is 7.98. The molecule has 44 heavy (non-hydrogen) atoms. The smallest absolute Gasteiger partial charge is 0.193 e. The molecule has 0 spiro atoms. The predicted octanol–water partition coefficient (Wildman–Crippen LogP) is 5.38. The molecule has 9 atom stereocenters. The Morgan fingerprint density at radius 2 is 1.82 bits per heavy atom.